The molecule has 0 fully saturated rings. The minimum atomic E-state index is -0.369. The number of carbonyl (C=O) groups is 1. The molecule has 4 aromatic carbocycles. The van der Waals surface area contributed by atoms with Gasteiger partial charge in [-0.1, -0.05) is 54.6 Å². The van der Waals surface area contributed by atoms with Crippen molar-refractivity contribution in [2.24, 2.45) is 5.73 Å². The molecule has 0 saturated carbocycles. The Morgan fingerprint density at radius 2 is 1.57 bits per heavy atom. The Kier molecular flexibility index (Phi) is 3.17. The molecule has 0 bridgehead atoms. The molecule has 0 aliphatic heterocycles. The summed E-state index contributed by atoms with van der Waals surface area (Å²) in [4.78, 5) is 11.6. The van der Waals surface area contributed by atoms with Gasteiger partial charge in [-0.05, 0) is 37.9 Å². The van der Waals surface area contributed by atoms with E-state index in [1.54, 1.807) is 0 Å². The summed E-state index contributed by atoms with van der Waals surface area (Å²) in [6.45, 7) is 0. The minimum Gasteiger partial charge on any atom is -0.469 e. The van der Waals surface area contributed by atoms with Crippen LogP contribution < -0.4 is 5.73 Å². The predicted octanol–water partition coefficient (Wildman–Crippen LogP) is 4.15. The molecule has 0 unspecified atom stereocenters. The van der Waals surface area contributed by atoms with Crippen molar-refractivity contribution in [1.82, 2.24) is 0 Å². The zero-order valence-electron chi connectivity index (χ0n) is 12.9. The Hall–Kier alpha value is -2.65. The van der Waals surface area contributed by atoms with Crippen molar-refractivity contribution < 1.29 is 9.53 Å². The van der Waals surface area contributed by atoms with Gasteiger partial charge in [0, 0.05) is 6.04 Å². The Morgan fingerprint density at radius 3 is 2.26 bits per heavy atom. The summed E-state index contributed by atoms with van der Waals surface area (Å²) in [6.07, 6.45) is 0.181. The number of carbonyl (C=O) groups excluding carboxylic acids is 1. The second-order valence-electron chi connectivity index (χ2n) is 5.90. The highest BCUT2D eigenvalue weighted by Gasteiger charge is 2.17. The molecule has 0 heterocycles. The Bertz CT molecular complexity index is 1010. The topological polar surface area (TPSA) is 52.3 Å². The van der Waals surface area contributed by atoms with Crippen LogP contribution in [0.2, 0.25) is 0 Å². The summed E-state index contributed by atoms with van der Waals surface area (Å²) in [5.74, 6) is -0.289. The number of hydrogen-bond acceptors (Lipinski definition) is 3. The lowest BCUT2D eigenvalue weighted by Gasteiger charge is -2.17. The molecule has 0 aliphatic carbocycles. The van der Waals surface area contributed by atoms with Gasteiger partial charge in [0.2, 0.25) is 0 Å². The molecule has 2 N–H and O–H groups in total. The highest BCUT2D eigenvalue weighted by atomic mass is 16.5. The van der Waals surface area contributed by atoms with Crippen LogP contribution in [0.5, 0.6) is 0 Å². The summed E-state index contributed by atoms with van der Waals surface area (Å²) in [5, 5.41) is 7.23. The van der Waals surface area contributed by atoms with E-state index in [9.17, 15) is 4.79 Å². The molecule has 4 aromatic rings. The van der Waals surface area contributed by atoms with E-state index in [1.807, 2.05) is 6.07 Å². The van der Waals surface area contributed by atoms with Crippen molar-refractivity contribution in [3.8, 4) is 0 Å². The van der Waals surface area contributed by atoms with Crippen LogP contribution >= 0.6 is 0 Å². The van der Waals surface area contributed by atoms with E-state index in [4.69, 9.17) is 10.5 Å². The Balaban J connectivity index is 2.01. The third-order valence-corrected chi connectivity index (χ3v) is 4.58. The first-order valence-corrected chi connectivity index (χ1v) is 7.68. The van der Waals surface area contributed by atoms with E-state index in [0.29, 0.717) is 0 Å². The minimum absolute atomic E-state index is 0.181. The van der Waals surface area contributed by atoms with Crippen LogP contribution in [0.4, 0.5) is 0 Å². The maximum atomic E-state index is 11.6. The molecule has 0 radical (unpaired) electrons. The van der Waals surface area contributed by atoms with Crippen molar-refractivity contribution in [2.45, 2.75) is 12.5 Å². The second kappa shape index (κ2) is 5.21. The Morgan fingerprint density at radius 1 is 0.957 bits per heavy atom. The molecule has 0 saturated heterocycles. The number of hydrogen-bond donors (Lipinski definition) is 1. The van der Waals surface area contributed by atoms with E-state index in [2.05, 4.69) is 48.5 Å². The van der Waals surface area contributed by atoms with Crippen molar-refractivity contribution >= 4 is 38.3 Å². The third kappa shape index (κ3) is 2.13. The average molecular weight is 303 g/mol. The van der Waals surface area contributed by atoms with Crippen LogP contribution in [0, 0.1) is 0 Å². The number of nitrogens with two attached hydrogens (primary N) is 1. The molecule has 4 rings (SSSR count). The second-order valence-corrected chi connectivity index (χ2v) is 5.90. The lowest BCUT2D eigenvalue weighted by Crippen LogP contribution is -2.16. The van der Waals surface area contributed by atoms with Gasteiger partial charge in [0.05, 0.1) is 13.5 Å². The molecular formula is C20H17NO2. The largest absolute Gasteiger partial charge is 0.469 e. The smallest absolute Gasteiger partial charge is 0.307 e. The van der Waals surface area contributed by atoms with Crippen LogP contribution in [-0.4, -0.2) is 13.1 Å². The monoisotopic (exact) mass is 303 g/mol. The van der Waals surface area contributed by atoms with Gasteiger partial charge >= 0.3 is 5.97 Å². The average Bonchev–Trinajstić information content (AvgIpc) is 2.59. The first kappa shape index (κ1) is 14.0. The van der Waals surface area contributed by atoms with Crippen molar-refractivity contribution in [3.63, 3.8) is 0 Å². The normalized spacial score (nSPS) is 13.0. The zero-order chi connectivity index (χ0) is 16.0. The molecule has 0 aliphatic rings. The molecule has 23 heavy (non-hydrogen) atoms. The van der Waals surface area contributed by atoms with Gasteiger partial charge in [0.1, 0.15) is 0 Å². The predicted molar refractivity (Wildman–Crippen MR) is 93.7 cm³/mol. The van der Waals surface area contributed by atoms with Crippen molar-refractivity contribution in [3.05, 3.63) is 60.2 Å². The summed E-state index contributed by atoms with van der Waals surface area (Å²) >= 11 is 0. The first-order valence-electron chi connectivity index (χ1n) is 7.68. The van der Waals surface area contributed by atoms with Gasteiger partial charge in [-0.15, -0.1) is 0 Å². The van der Waals surface area contributed by atoms with Gasteiger partial charge < -0.3 is 10.5 Å². The SMILES string of the molecule is COC(=O)C[C@@H](N)c1ccc2ccc3cccc4ccc1c2c34. The van der Waals surface area contributed by atoms with Gasteiger partial charge in [-0.2, -0.15) is 0 Å². The summed E-state index contributed by atoms with van der Waals surface area (Å²) < 4.78 is 4.75. The number of ether oxygens (including phenoxy) is 1. The highest BCUT2D eigenvalue weighted by Crippen LogP contribution is 2.37. The van der Waals surface area contributed by atoms with Crippen LogP contribution in [0.15, 0.2) is 54.6 Å². The van der Waals surface area contributed by atoms with Gasteiger partial charge in [-0.25, -0.2) is 0 Å². The van der Waals surface area contributed by atoms with Crippen molar-refractivity contribution in [2.75, 3.05) is 7.11 Å². The summed E-state index contributed by atoms with van der Waals surface area (Å²) in [5.41, 5.74) is 7.26. The lowest BCUT2D eigenvalue weighted by molar-refractivity contribution is -0.141. The molecule has 1 atom stereocenters. The fourth-order valence-corrected chi connectivity index (χ4v) is 3.45. The number of methoxy groups -OCH3 is 1. The fourth-order valence-electron chi connectivity index (χ4n) is 3.45. The molecular weight excluding hydrogens is 286 g/mol. The van der Waals surface area contributed by atoms with Gasteiger partial charge in [0.25, 0.3) is 0 Å². The van der Waals surface area contributed by atoms with Crippen LogP contribution in [-0.2, 0) is 9.53 Å². The van der Waals surface area contributed by atoms with E-state index < -0.39 is 0 Å². The molecule has 0 spiro atoms. The maximum absolute atomic E-state index is 11.6. The summed E-state index contributed by atoms with van der Waals surface area (Å²) in [7, 11) is 1.39. The standard InChI is InChI=1S/C20H17NO2/c1-23-18(22)11-17(21)15-9-7-14-6-5-12-3-2-4-13-8-10-16(15)20(14)19(12)13/h2-10,17H,11,21H2,1H3/t17-/m1/s1. The molecule has 3 nitrogen and oxygen atoms in total. The highest BCUT2D eigenvalue weighted by molar-refractivity contribution is 6.23. The van der Waals surface area contributed by atoms with E-state index in [0.717, 1.165) is 10.9 Å². The quantitative estimate of drug-likeness (QED) is 0.457. The van der Waals surface area contributed by atoms with Crippen LogP contribution in [0.25, 0.3) is 32.3 Å². The third-order valence-electron chi connectivity index (χ3n) is 4.58. The number of rotatable bonds is 3. The van der Waals surface area contributed by atoms with E-state index in [-0.39, 0.29) is 18.4 Å². The van der Waals surface area contributed by atoms with Crippen molar-refractivity contribution in [1.29, 1.82) is 0 Å². The molecule has 114 valence electrons. The first-order chi connectivity index (χ1) is 11.2. The van der Waals surface area contributed by atoms with Crippen LogP contribution in [0.3, 0.4) is 0 Å². The van der Waals surface area contributed by atoms with E-state index in [1.165, 1.54) is 34.0 Å². The van der Waals surface area contributed by atoms with E-state index >= 15 is 0 Å². The van der Waals surface area contributed by atoms with Gasteiger partial charge in [-0.3, -0.25) is 4.79 Å². The maximum Gasteiger partial charge on any atom is 0.307 e. The van der Waals surface area contributed by atoms with Gasteiger partial charge in [0.15, 0.2) is 0 Å². The lowest BCUT2D eigenvalue weighted by atomic mass is 9.89. The molecule has 0 amide bonds. The zero-order valence-corrected chi connectivity index (χ0v) is 12.9. The summed E-state index contributed by atoms with van der Waals surface area (Å²) in [6, 6.07) is 18.6. The Labute approximate surface area is 134 Å². The molecule has 3 heteroatoms. The number of esters is 1. The fraction of sp³-hybridized carbons (Fsp3) is 0.150. The number of benzene rings is 4. The molecule has 0 aromatic heterocycles. The van der Waals surface area contributed by atoms with Crippen LogP contribution in [0.1, 0.15) is 18.0 Å².